The highest BCUT2D eigenvalue weighted by Gasteiger charge is 2.11. The van der Waals surface area contributed by atoms with Gasteiger partial charge in [0.25, 0.3) is 0 Å². The van der Waals surface area contributed by atoms with Crippen LogP contribution in [0.3, 0.4) is 0 Å². The van der Waals surface area contributed by atoms with Crippen LogP contribution >= 0.6 is 0 Å². The van der Waals surface area contributed by atoms with Crippen molar-refractivity contribution >= 4 is 6.08 Å². The van der Waals surface area contributed by atoms with E-state index in [2.05, 4.69) is 58.0 Å². The quantitative estimate of drug-likeness (QED) is 0.600. The van der Waals surface area contributed by atoms with Crippen LogP contribution in [-0.4, -0.2) is 0 Å². The highest BCUT2D eigenvalue weighted by molar-refractivity contribution is 5.53. The molecule has 0 fully saturated rings. The summed E-state index contributed by atoms with van der Waals surface area (Å²) in [4.78, 5) is 0. The molecule has 0 amide bonds. The molecule has 0 heterocycles. The second-order valence-electron chi connectivity index (χ2n) is 4.49. The van der Waals surface area contributed by atoms with Crippen molar-refractivity contribution < 1.29 is 0 Å². The predicted octanol–water partition coefficient (Wildman–Crippen LogP) is 4.14. The van der Waals surface area contributed by atoms with Crippen LogP contribution in [0.1, 0.15) is 33.3 Å². The minimum Gasteiger partial charge on any atom is -0.0674 e. The lowest BCUT2D eigenvalue weighted by Crippen LogP contribution is -2.05. The molecule has 0 aromatic heterocycles. The smallest absolute Gasteiger partial charge is 0.0172 e. The van der Waals surface area contributed by atoms with Gasteiger partial charge < -0.3 is 0 Å². The molecule has 1 aromatic rings. The average Bonchev–Trinajstić information content (AvgIpc) is 2.04. The van der Waals surface area contributed by atoms with E-state index in [-0.39, 0.29) is 5.41 Å². The van der Waals surface area contributed by atoms with Gasteiger partial charge in [0.2, 0.25) is 0 Å². The third-order valence-corrected chi connectivity index (χ3v) is 2.37. The number of hydrogen-bond acceptors (Lipinski definition) is 0. The van der Waals surface area contributed by atoms with Crippen LogP contribution in [0.2, 0.25) is 0 Å². The van der Waals surface area contributed by atoms with Gasteiger partial charge in [-0.25, -0.2) is 0 Å². The predicted molar refractivity (Wildman–Crippen MR) is 59.5 cm³/mol. The van der Waals surface area contributed by atoms with Crippen LogP contribution in [0, 0.1) is 5.41 Å². The summed E-state index contributed by atoms with van der Waals surface area (Å²) in [6, 6.07) is 10.5. The second kappa shape index (κ2) is 3.78. The van der Waals surface area contributed by atoms with E-state index in [0.717, 1.165) is 0 Å². The Hall–Kier alpha value is -1.04. The standard InChI is InChI=1S/C13H18/c1-11(13(2,3)4)10-12-8-6-5-7-9-12/h5-10H,1-4H3/b11-10+. The minimum absolute atomic E-state index is 0.274. The summed E-state index contributed by atoms with van der Waals surface area (Å²) >= 11 is 0. The van der Waals surface area contributed by atoms with E-state index in [1.807, 2.05) is 6.07 Å². The van der Waals surface area contributed by atoms with E-state index in [1.54, 1.807) is 0 Å². The van der Waals surface area contributed by atoms with Gasteiger partial charge in [-0.3, -0.25) is 0 Å². The third kappa shape index (κ3) is 3.06. The molecule has 0 aliphatic rings. The number of allylic oxidation sites excluding steroid dienone is 1. The lowest BCUT2D eigenvalue weighted by atomic mass is 9.86. The Morgan fingerprint density at radius 2 is 1.62 bits per heavy atom. The molecule has 0 aliphatic heterocycles. The molecule has 0 saturated carbocycles. The molecule has 70 valence electrons. The summed E-state index contributed by atoms with van der Waals surface area (Å²) in [5.41, 5.74) is 2.98. The Bertz CT molecular complexity index is 286. The van der Waals surface area contributed by atoms with Gasteiger partial charge in [-0.1, -0.05) is 62.8 Å². The van der Waals surface area contributed by atoms with Crippen LogP contribution in [0.5, 0.6) is 0 Å². The summed E-state index contributed by atoms with van der Waals surface area (Å²) in [5.74, 6) is 0. The zero-order chi connectivity index (χ0) is 9.90. The lowest BCUT2D eigenvalue weighted by Gasteiger charge is -2.19. The van der Waals surface area contributed by atoms with Crippen LogP contribution in [0.15, 0.2) is 35.9 Å². The molecule has 0 radical (unpaired) electrons. The topological polar surface area (TPSA) is 0 Å². The summed E-state index contributed by atoms with van der Waals surface area (Å²) in [5, 5.41) is 0. The molecule has 0 aliphatic carbocycles. The van der Waals surface area contributed by atoms with Crippen LogP contribution in [-0.2, 0) is 0 Å². The molecule has 0 heteroatoms. The van der Waals surface area contributed by atoms with Crippen LogP contribution in [0.4, 0.5) is 0 Å². The van der Waals surface area contributed by atoms with Crippen molar-refractivity contribution in [2.75, 3.05) is 0 Å². The highest BCUT2D eigenvalue weighted by atomic mass is 14.2. The Labute approximate surface area is 81.3 Å². The van der Waals surface area contributed by atoms with Gasteiger partial charge in [0, 0.05) is 0 Å². The van der Waals surface area contributed by atoms with E-state index in [9.17, 15) is 0 Å². The Morgan fingerprint density at radius 3 is 2.08 bits per heavy atom. The maximum absolute atomic E-state index is 2.25. The first kappa shape index (κ1) is 10.0. The first-order chi connectivity index (χ1) is 6.00. The van der Waals surface area contributed by atoms with Crippen molar-refractivity contribution in [2.24, 2.45) is 5.41 Å². The highest BCUT2D eigenvalue weighted by Crippen LogP contribution is 2.26. The van der Waals surface area contributed by atoms with Gasteiger partial charge in [-0.05, 0) is 17.9 Å². The zero-order valence-corrected chi connectivity index (χ0v) is 8.96. The molecule has 1 rings (SSSR count). The summed E-state index contributed by atoms with van der Waals surface area (Å²) in [7, 11) is 0. The molecule has 0 atom stereocenters. The fraction of sp³-hybridized carbons (Fsp3) is 0.385. The number of hydrogen-bond donors (Lipinski definition) is 0. The largest absolute Gasteiger partial charge is 0.0674 e. The van der Waals surface area contributed by atoms with Gasteiger partial charge in [0.05, 0.1) is 0 Å². The van der Waals surface area contributed by atoms with Crippen molar-refractivity contribution in [3.63, 3.8) is 0 Å². The molecule has 1 aromatic carbocycles. The van der Waals surface area contributed by atoms with Crippen LogP contribution in [0.25, 0.3) is 6.08 Å². The number of benzene rings is 1. The first-order valence-electron chi connectivity index (χ1n) is 4.74. The monoisotopic (exact) mass is 174 g/mol. The van der Waals surface area contributed by atoms with Crippen molar-refractivity contribution in [3.8, 4) is 0 Å². The molecule has 0 N–H and O–H groups in total. The van der Waals surface area contributed by atoms with Gasteiger partial charge in [-0.2, -0.15) is 0 Å². The van der Waals surface area contributed by atoms with E-state index >= 15 is 0 Å². The van der Waals surface area contributed by atoms with Crippen molar-refractivity contribution in [1.29, 1.82) is 0 Å². The lowest BCUT2D eigenvalue weighted by molar-refractivity contribution is 0.508. The number of rotatable bonds is 1. The molecule has 0 unspecified atom stereocenters. The van der Waals surface area contributed by atoms with Gasteiger partial charge in [0.15, 0.2) is 0 Å². The summed E-state index contributed by atoms with van der Waals surface area (Å²) in [6.45, 7) is 8.90. The molecule has 13 heavy (non-hydrogen) atoms. The third-order valence-electron chi connectivity index (χ3n) is 2.37. The van der Waals surface area contributed by atoms with Crippen molar-refractivity contribution in [3.05, 3.63) is 41.5 Å². The molecule has 0 saturated heterocycles. The van der Waals surface area contributed by atoms with E-state index in [0.29, 0.717) is 0 Å². The van der Waals surface area contributed by atoms with Gasteiger partial charge >= 0.3 is 0 Å². The van der Waals surface area contributed by atoms with Crippen molar-refractivity contribution in [2.45, 2.75) is 27.7 Å². The SMILES string of the molecule is C/C(=C\c1ccccc1)C(C)(C)C. The fourth-order valence-electron chi connectivity index (χ4n) is 1.02. The Balaban J connectivity index is 2.90. The van der Waals surface area contributed by atoms with Gasteiger partial charge in [-0.15, -0.1) is 0 Å². The molecular formula is C13H18. The van der Waals surface area contributed by atoms with Crippen LogP contribution < -0.4 is 0 Å². The zero-order valence-electron chi connectivity index (χ0n) is 8.96. The maximum atomic E-state index is 2.25. The van der Waals surface area contributed by atoms with E-state index in [4.69, 9.17) is 0 Å². The van der Waals surface area contributed by atoms with Gasteiger partial charge in [0.1, 0.15) is 0 Å². The molecule has 0 spiro atoms. The second-order valence-corrected chi connectivity index (χ2v) is 4.49. The summed E-state index contributed by atoms with van der Waals surface area (Å²) < 4.78 is 0. The maximum Gasteiger partial charge on any atom is -0.0172 e. The summed E-state index contributed by atoms with van der Waals surface area (Å²) in [6.07, 6.45) is 2.25. The van der Waals surface area contributed by atoms with E-state index in [1.165, 1.54) is 11.1 Å². The normalized spacial score (nSPS) is 13.1. The molecule has 0 nitrogen and oxygen atoms in total. The molecular weight excluding hydrogens is 156 g/mol. The first-order valence-corrected chi connectivity index (χ1v) is 4.74. The Morgan fingerprint density at radius 1 is 1.08 bits per heavy atom. The molecule has 0 bridgehead atoms. The average molecular weight is 174 g/mol. The van der Waals surface area contributed by atoms with E-state index < -0.39 is 0 Å². The fourth-order valence-corrected chi connectivity index (χ4v) is 1.02. The minimum atomic E-state index is 0.274. The Kier molecular flexibility index (Phi) is 2.92. The van der Waals surface area contributed by atoms with Crippen molar-refractivity contribution in [1.82, 2.24) is 0 Å².